The molecule has 2 aromatic rings. The lowest BCUT2D eigenvalue weighted by Gasteiger charge is -2.14. The van der Waals surface area contributed by atoms with Gasteiger partial charge in [-0.25, -0.2) is 4.79 Å². The maximum atomic E-state index is 12.9. The first-order chi connectivity index (χ1) is 13.4. The van der Waals surface area contributed by atoms with Crippen molar-refractivity contribution in [3.8, 4) is 11.5 Å². The van der Waals surface area contributed by atoms with Gasteiger partial charge in [-0.05, 0) is 48.4 Å². The number of hydrogen-bond donors (Lipinski definition) is 1. The zero-order valence-corrected chi connectivity index (χ0v) is 16.8. The van der Waals surface area contributed by atoms with E-state index in [0.717, 1.165) is 11.3 Å². The van der Waals surface area contributed by atoms with Crippen LogP contribution in [-0.4, -0.2) is 35.0 Å². The van der Waals surface area contributed by atoms with Crippen molar-refractivity contribution in [2.45, 2.75) is 6.92 Å². The zero-order valence-electron chi connectivity index (χ0n) is 15.2. The largest absolute Gasteiger partial charge is 0.493 e. The third-order valence-electron chi connectivity index (χ3n) is 3.89. The number of carboxylic acid groups (broad SMARTS) is 1. The third kappa shape index (κ3) is 4.35. The van der Waals surface area contributed by atoms with Crippen LogP contribution in [-0.2, 0) is 9.59 Å². The first-order valence-electron chi connectivity index (χ1n) is 8.26. The van der Waals surface area contributed by atoms with Crippen molar-refractivity contribution in [2.24, 2.45) is 0 Å². The second kappa shape index (κ2) is 8.45. The van der Waals surface area contributed by atoms with Crippen LogP contribution in [0.2, 0.25) is 0 Å². The van der Waals surface area contributed by atoms with E-state index in [1.165, 1.54) is 23.8 Å². The summed E-state index contributed by atoms with van der Waals surface area (Å²) >= 11 is 6.62. The van der Waals surface area contributed by atoms with Crippen LogP contribution in [0.1, 0.15) is 11.1 Å². The molecule has 6 nitrogen and oxygen atoms in total. The molecule has 0 aromatic heterocycles. The summed E-state index contributed by atoms with van der Waals surface area (Å²) in [6.07, 6.45) is 1.72. The molecular formula is C20H17NO5S2. The minimum atomic E-state index is -1.08. The maximum Gasteiger partial charge on any atom is 0.341 e. The Morgan fingerprint density at radius 2 is 2.04 bits per heavy atom. The lowest BCUT2D eigenvalue weighted by atomic mass is 10.1. The van der Waals surface area contributed by atoms with Crippen LogP contribution in [0.3, 0.4) is 0 Å². The highest BCUT2D eigenvalue weighted by molar-refractivity contribution is 8.27. The minimum Gasteiger partial charge on any atom is -0.493 e. The number of hydrogen-bond acceptors (Lipinski definition) is 6. The molecule has 0 spiro atoms. The quantitative estimate of drug-likeness (QED) is 0.567. The number of carbonyl (C=O) groups is 2. The van der Waals surface area contributed by atoms with Gasteiger partial charge < -0.3 is 14.6 Å². The molecule has 1 aliphatic heterocycles. The van der Waals surface area contributed by atoms with Crippen molar-refractivity contribution in [1.29, 1.82) is 0 Å². The highest BCUT2D eigenvalue weighted by atomic mass is 32.2. The van der Waals surface area contributed by atoms with Crippen LogP contribution in [0.25, 0.3) is 6.08 Å². The molecule has 0 saturated carbocycles. The van der Waals surface area contributed by atoms with Gasteiger partial charge in [0.25, 0.3) is 5.91 Å². The Labute approximate surface area is 171 Å². The number of anilines is 1. The number of aliphatic carboxylic acids is 1. The topological polar surface area (TPSA) is 76.1 Å². The Hall–Kier alpha value is -2.84. The summed E-state index contributed by atoms with van der Waals surface area (Å²) < 4.78 is 10.9. The van der Waals surface area contributed by atoms with Crippen molar-refractivity contribution in [3.63, 3.8) is 0 Å². The Kier molecular flexibility index (Phi) is 6.01. The molecule has 8 heteroatoms. The summed E-state index contributed by atoms with van der Waals surface area (Å²) in [5.74, 6) is -0.574. The molecule has 0 radical (unpaired) electrons. The van der Waals surface area contributed by atoms with Crippen LogP contribution in [0.15, 0.2) is 47.4 Å². The number of ether oxygens (including phenoxy) is 2. The van der Waals surface area contributed by atoms with E-state index in [4.69, 9.17) is 26.8 Å². The average molecular weight is 415 g/mol. The normalized spacial score (nSPS) is 15.2. The maximum absolute atomic E-state index is 12.9. The smallest absolute Gasteiger partial charge is 0.341 e. The van der Waals surface area contributed by atoms with Gasteiger partial charge in [0.15, 0.2) is 22.4 Å². The van der Waals surface area contributed by atoms with Crippen LogP contribution < -0.4 is 14.4 Å². The van der Waals surface area contributed by atoms with E-state index < -0.39 is 12.6 Å². The summed E-state index contributed by atoms with van der Waals surface area (Å²) in [4.78, 5) is 25.5. The number of carboxylic acids is 1. The molecule has 0 aliphatic carbocycles. The van der Waals surface area contributed by atoms with Gasteiger partial charge in [-0.15, -0.1) is 0 Å². The zero-order chi connectivity index (χ0) is 20.3. The number of benzene rings is 2. The number of amides is 1. The van der Waals surface area contributed by atoms with Crippen molar-refractivity contribution < 1.29 is 24.2 Å². The number of aryl methyl sites for hydroxylation is 1. The second-order valence-corrected chi connectivity index (χ2v) is 7.62. The van der Waals surface area contributed by atoms with Gasteiger partial charge in [-0.2, -0.15) is 0 Å². The molecule has 1 aliphatic rings. The summed E-state index contributed by atoms with van der Waals surface area (Å²) in [6.45, 7) is 1.49. The van der Waals surface area contributed by atoms with Gasteiger partial charge >= 0.3 is 5.97 Å². The molecule has 1 amide bonds. The predicted octanol–water partition coefficient (Wildman–Crippen LogP) is 3.87. The fraction of sp³-hybridized carbons (Fsp3) is 0.150. The second-order valence-electron chi connectivity index (χ2n) is 5.95. The van der Waals surface area contributed by atoms with Crippen molar-refractivity contribution >= 4 is 51.9 Å². The Balaban J connectivity index is 1.86. The van der Waals surface area contributed by atoms with Crippen molar-refractivity contribution in [2.75, 3.05) is 18.6 Å². The van der Waals surface area contributed by atoms with Crippen molar-refractivity contribution in [1.82, 2.24) is 0 Å². The highest BCUT2D eigenvalue weighted by Crippen LogP contribution is 2.37. The minimum absolute atomic E-state index is 0.189. The number of thioether (sulfide) groups is 1. The lowest BCUT2D eigenvalue weighted by molar-refractivity contribution is -0.139. The molecule has 1 N–H and O–H groups in total. The summed E-state index contributed by atoms with van der Waals surface area (Å²) in [5.41, 5.74) is 2.49. The number of methoxy groups -OCH3 is 1. The molecule has 144 valence electrons. The van der Waals surface area contributed by atoms with Crippen LogP contribution in [0, 0.1) is 6.92 Å². The third-order valence-corrected chi connectivity index (χ3v) is 5.19. The first-order valence-corrected chi connectivity index (χ1v) is 9.49. The SMILES string of the molecule is COc1cc(C=C2SC(=S)N(c3cccc(C)c3)C2=O)ccc1OCC(=O)O. The van der Waals surface area contributed by atoms with Crippen LogP contribution in [0.5, 0.6) is 11.5 Å². The fourth-order valence-corrected chi connectivity index (χ4v) is 3.94. The van der Waals surface area contributed by atoms with E-state index in [9.17, 15) is 9.59 Å². The molecule has 0 atom stereocenters. The van der Waals surface area contributed by atoms with Gasteiger partial charge in [0.2, 0.25) is 0 Å². The predicted molar refractivity (Wildman–Crippen MR) is 113 cm³/mol. The summed E-state index contributed by atoms with van der Waals surface area (Å²) in [7, 11) is 1.46. The van der Waals surface area contributed by atoms with Gasteiger partial charge in [0.05, 0.1) is 17.7 Å². The van der Waals surface area contributed by atoms with Gasteiger partial charge in [0.1, 0.15) is 0 Å². The molecule has 2 aromatic carbocycles. The number of thiocarbonyl (C=S) groups is 1. The molecule has 3 rings (SSSR count). The van der Waals surface area contributed by atoms with Gasteiger partial charge in [0, 0.05) is 0 Å². The Morgan fingerprint density at radius 1 is 1.25 bits per heavy atom. The Morgan fingerprint density at radius 3 is 2.71 bits per heavy atom. The number of nitrogens with zero attached hydrogens (tertiary/aromatic N) is 1. The molecule has 1 heterocycles. The first kappa shape index (κ1) is 19.9. The fourth-order valence-electron chi connectivity index (χ4n) is 2.64. The van der Waals surface area contributed by atoms with Crippen LogP contribution >= 0.6 is 24.0 Å². The van der Waals surface area contributed by atoms with E-state index in [-0.39, 0.29) is 5.91 Å². The molecule has 1 saturated heterocycles. The molecule has 0 bridgehead atoms. The number of carbonyl (C=O) groups excluding carboxylic acids is 1. The Bertz CT molecular complexity index is 986. The van der Waals surface area contributed by atoms with E-state index >= 15 is 0 Å². The molecule has 0 unspecified atom stereocenters. The van der Waals surface area contributed by atoms with E-state index in [1.54, 1.807) is 24.3 Å². The van der Waals surface area contributed by atoms with Crippen molar-refractivity contribution in [3.05, 3.63) is 58.5 Å². The number of rotatable bonds is 6. The lowest BCUT2D eigenvalue weighted by Crippen LogP contribution is -2.27. The van der Waals surface area contributed by atoms with Gasteiger partial charge in [-0.3, -0.25) is 9.69 Å². The standard InChI is InChI=1S/C20H17NO5S2/c1-12-4-3-5-14(8-12)21-19(24)17(28-20(21)27)10-13-6-7-15(16(9-13)25-2)26-11-18(22)23/h3-10H,11H2,1-2H3,(H,22,23). The highest BCUT2D eigenvalue weighted by Gasteiger charge is 2.33. The molecule has 1 fully saturated rings. The molecule has 28 heavy (non-hydrogen) atoms. The summed E-state index contributed by atoms with van der Waals surface area (Å²) in [6, 6.07) is 12.6. The average Bonchev–Trinajstić information content (AvgIpc) is 2.93. The van der Waals surface area contributed by atoms with E-state index in [0.29, 0.717) is 26.3 Å². The summed E-state index contributed by atoms with van der Waals surface area (Å²) in [5, 5.41) is 8.74. The molecular weight excluding hydrogens is 398 g/mol. The monoisotopic (exact) mass is 415 g/mol. The van der Waals surface area contributed by atoms with E-state index in [1.807, 2.05) is 31.2 Å². The van der Waals surface area contributed by atoms with E-state index in [2.05, 4.69) is 0 Å². The van der Waals surface area contributed by atoms with Gasteiger partial charge in [-0.1, -0.05) is 42.2 Å². The van der Waals surface area contributed by atoms with Crippen LogP contribution in [0.4, 0.5) is 5.69 Å².